The van der Waals surface area contributed by atoms with Gasteiger partial charge in [0, 0.05) is 36.4 Å². The Bertz CT molecular complexity index is 1040. The molecule has 0 bridgehead atoms. The summed E-state index contributed by atoms with van der Waals surface area (Å²) in [5.74, 6) is 0. The molecule has 0 saturated carbocycles. The molecule has 2 aromatic carbocycles. The minimum absolute atomic E-state index is 0.0668. The fourth-order valence-electron chi connectivity index (χ4n) is 4.64. The molecule has 3 aromatic rings. The predicted octanol–water partition coefficient (Wildman–Crippen LogP) is 5.67. The summed E-state index contributed by atoms with van der Waals surface area (Å²) in [4.78, 5) is 4.52. The van der Waals surface area contributed by atoms with E-state index >= 15 is 0 Å². The molecule has 2 atom stereocenters. The lowest BCUT2D eigenvalue weighted by molar-refractivity contribution is -0.140. The van der Waals surface area contributed by atoms with Gasteiger partial charge in [-0.15, -0.1) is 0 Å². The number of aryl methyl sites for hydroxylation is 1. The lowest BCUT2D eigenvalue weighted by Crippen LogP contribution is -2.37. The highest BCUT2D eigenvalue weighted by atomic mass is 32.2. The van der Waals surface area contributed by atoms with Crippen LogP contribution in [0.2, 0.25) is 0 Å². The first-order chi connectivity index (χ1) is 15.6. The second kappa shape index (κ2) is 10.8. The molecule has 4 rings (SSSR count). The zero-order chi connectivity index (χ0) is 22.5. The largest absolute Gasteiger partial charge is 0.357 e. The van der Waals surface area contributed by atoms with Gasteiger partial charge in [0.2, 0.25) is 0 Å². The average molecular weight is 455 g/mol. The molecule has 6 heteroatoms. The molecule has 0 aliphatic carbocycles. The molecule has 0 radical (unpaired) electrons. The maximum Gasteiger partial charge on any atom is 0.157 e. The van der Waals surface area contributed by atoms with Crippen molar-refractivity contribution in [3.05, 3.63) is 65.4 Å². The standard InChI is InChI=1S/C26H34N2O3S/c1-4-30-25(31-5-2)12-8-11-24-26-22(21-9-6-7-10-23(21)27-26)17-18-28(24)32(29)20-15-13-19(3)14-16-20/h6-7,9-10,13-16,24-25,27H,4-5,8,11-12,17-18H2,1-3H3. The van der Waals surface area contributed by atoms with E-state index in [1.807, 2.05) is 38.1 Å². The van der Waals surface area contributed by atoms with Crippen molar-refractivity contribution in [1.29, 1.82) is 0 Å². The van der Waals surface area contributed by atoms with Crippen LogP contribution in [0, 0.1) is 6.92 Å². The number of hydrogen-bond donors (Lipinski definition) is 1. The number of ether oxygens (including phenoxy) is 2. The molecule has 1 N–H and O–H groups in total. The van der Waals surface area contributed by atoms with Gasteiger partial charge in [0.1, 0.15) is 11.0 Å². The number of hydrogen-bond acceptors (Lipinski definition) is 3. The van der Waals surface area contributed by atoms with Crippen LogP contribution in [0.25, 0.3) is 10.9 Å². The summed E-state index contributed by atoms with van der Waals surface area (Å²) in [6.45, 7) is 8.11. The van der Waals surface area contributed by atoms with Gasteiger partial charge in [-0.3, -0.25) is 0 Å². The fraction of sp³-hybridized carbons (Fsp3) is 0.462. The van der Waals surface area contributed by atoms with Gasteiger partial charge in [-0.25, -0.2) is 8.51 Å². The Morgan fingerprint density at radius 2 is 1.81 bits per heavy atom. The number of nitrogens with one attached hydrogen (secondary N) is 1. The maximum absolute atomic E-state index is 13.6. The van der Waals surface area contributed by atoms with E-state index in [4.69, 9.17) is 9.47 Å². The highest BCUT2D eigenvalue weighted by Gasteiger charge is 2.34. The van der Waals surface area contributed by atoms with Gasteiger partial charge in [-0.1, -0.05) is 35.9 Å². The number of nitrogens with zero attached hydrogens (tertiary/aromatic N) is 1. The van der Waals surface area contributed by atoms with Crippen LogP contribution >= 0.6 is 0 Å². The van der Waals surface area contributed by atoms with Crippen LogP contribution in [0.15, 0.2) is 53.4 Å². The summed E-state index contributed by atoms with van der Waals surface area (Å²) in [6.07, 6.45) is 3.39. The van der Waals surface area contributed by atoms with Gasteiger partial charge in [0.15, 0.2) is 6.29 Å². The van der Waals surface area contributed by atoms with Gasteiger partial charge in [0.05, 0.1) is 10.9 Å². The summed E-state index contributed by atoms with van der Waals surface area (Å²) >= 11 is 0. The summed E-state index contributed by atoms with van der Waals surface area (Å²) in [5.41, 5.74) is 4.92. The lowest BCUT2D eigenvalue weighted by Gasteiger charge is -2.35. The van der Waals surface area contributed by atoms with Gasteiger partial charge in [-0.05, 0) is 70.2 Å². The first-order valence-electron chi connectivity index (χ1n) is 11.7. The van der Waals surface area contributed by atoms with Crippen LogP contribution in [-0.2, 0) is 26.9 Å². The molecule has 1 aliphatic rings. The van der Waals surface area contributed by atoms with Gasteiger partial charge < -0.3 is 14.5 Å². The Hall–Kier alpha value is -1.99. The minimum Gasteiger partial charge on any atom is -0.357 e. The van der Waals surface area contributed by atoms with E-state index < -0.39 is 11.0 Å². The number of rotatable bonds is 10. The van der Waals surface area contributed by atoms with Gasteiger partial charge in [0.25, 0.3) is 0 Å². The van der Waals surface area contributed by atoms with Crippen molar-refractivity contribution in [3.8, 4) is 0 Å². The summed E-state index contributed by atoms with van der Waals surface area (Å²) in [7, 11) is -1.21. The number of H-pyrrole nitrogens is 1. The summed E-state index contributed by atoms with van der Waals surface area (Å²) in [6, 6.07) is 16.6. The van der Waals surface area contributed by atoms with E-state index in [0.29, 0.717) is 13.2 Å². The van der Waals surface area contributed by atoms with Crippen LogP contribution in [-0.4, -0.2) is 39.5 Å². The third-order valence-electron chi connectivity index (χ3n) is 6.17. The molecule has 0 spiro atoms. The molecular weight excluding hydrogens is 420 g/mol. The number of benzene rings is 2. The van der Waals surface area contributed by atoms with E-state index in [-0.39, 0.29) is 12.3 Å². The van der Waals surface area contributed by atoms with Crippen molar-refractivity contribution in [1.82, 2.24) is 9.29 Å². The van der Waals surface area contributed by atoms with Crippen molar-refractivity contribution >= 4 is 21.9 Å². The quantitative estimate of drug-likeness (QED) is 0.402. The average Bonchev–Trinajstić information content (AvgIpc) is 3.18. The Morgan fingerprint density at radius 3 is 2.53 bits per heavy atom. The fourth-order valence-corrected chi connectivity index (χ4v) is 5.98. The number of para-hydroxylation sites is 1. The molecule has 2 unspecified atom stereocenters. The van der Waals surface area contributed by atoms with E-state index in [9.17, 15) is 4.21 Å². The Morgan fingerprint density at radius 1 is 1.09 bits per heavy atom. The summed E-state index contributed by atoms with van der Waals surface area (Å²) in [5, 5.41) is 1.29. The SMILES string of the molecule is CCOC(CCCC1c2[nH]c3ccccc3c2CCN1S(=O)c1ccc(C)cc1)OCC. The number of fused-ring (bicyclic) bond motifs is 3. The van der Waals surface area contributed by atoms with E-state index in [1.54, 1.807) is 0 Å². The van der Waals surface area contributed by atoms with Crippen LogP contribution in [0.1, 0.15) is 56.0 Å². The first-order valence-corrected chi connectivity index (χ1v) is 12.8. The normalized spacial score (nSPS) is 17.7. The predicted molar refractivity (Wildman–Crippen MR) is 130 cm³/mol. The molecule has 172 valence electrons. The Balaban J connectivity index is 1.60. The van der Waals surface area contributed by atoms with Crippen molar-refractivity contribution in [2.75, 3.05) is 19.8 Å². The summed E-state index contributed by atoms with van der Waals surface area (Å²) < 4.78 is 27.3. The van der Waals surface area contributed by atoms with Crippen molar-refractivity contribution < 1.29 is 13.7 Å². The van der Waals surface area contributed by atoms with E-state index in [2.05, 4.69) is 40.5 Å². The van der Waals surface area contributed by atoms with E-state index in [0.717, 1.165) is 42.6 Å². The van der Waals surface area contributed by atoms with Crippen LogP contribution in [0.3, 0.4) is 0 Å². The van der Waals surface area contributed by atoms with E-state index in [1.165, 1.54) is 22.2 Å². The molecule has 0 saturated heterocycles. The van der Waals surface area contributed by atoms with Gasteiger partial charge >= 0.3 is 0 Å². The molecule has 2 heterocycles. The Labute approximate surface area is 193 Å². The highest BCUT2D eigenvalue weighted by Crippen LogP contribution is 2.39. The van der Waals surface area contributed by atoms with Gasteiger partial charge in [-0.2, -0.15) is 0 Å². The maximum atomic E-state index is 13.6. The third-order valence-corrected chi connectivity index (χ3v) is 7.71. The minimum atomic E-state index is -1.21. The zero-order valence-electron chi connectivity index (χ0n) is 19.3. The Kier molecular flexibility index (Phi) is 7.79. The topological polar surface area (TPSA) is 54.6 Å². The molecule has 0 amide bonds. The number of aromatic amines is 1. The first kappa shape index (κ1) is 23.2. The van der Waals surface area contributed by atoms with Crippen molar-refractivity contribution in [2.45, 2.75) is 63.7 Å². The molecule has 1 aliphatic heterocycles. The lowest BCUT2D eigenvalue weighted by atomic mass is 9.96. The zero-order valence-corrected chi connectivity index (χ0v) is 20.1. The smallest absolute Gasteiger partial charge is 0.157 e. The van der Waals surface area contributed by atoms with Crippen LogP contribution in [0.4, 0.5) is 0 Å². The van der Waals surface area contributed by atoms with Crippen LogP contribution < -0.4 is 0 Å². The second-order valence-electron chi connectivity index (χ2n) is 8.30. The van der Waals surface area contributed by atoms with Crippen molar-refractivity contribution in [3.63, 3.8) is 0 Å². The highest BCUT2D eigenvalue weighted by molar-refractivity contribution is 7.82. The van der Waals surface area contributed by atoms with Crippen molar-refractivity contribution in [2.24, 2.45) is 0 Å². The molecular formula is C26H34N2O3S. The molecule has 32 heavy (non-hydrogen) atoms. The molecule has 1 aromatic heterocycles. The third kappa shape index (κ3) is 4.99. The van der Waals surface area contributed by atoms with Crippen LogP contribution in [0.5, 0.6) is 0 Å². The molecule has 0 fully saturated rings. The number of aromatic nitrogens is 1. The molecule has 5 nitrogen and oxygen atoms in total. The second-order valence-corrected chi connectivity index (χ2v) is 9.74. The monoisotopic (exact) mass is 454 g/mol.